The number of carbonyl (C=O) groups is 2. The third kappa shape index (κ3) is 3.51. The van der Waals surface area contributed by atoms with E-state index in [9.17, 15) is 9.59 Å². The van der Waals surface area contributed by atoms with E-state index in [-0.39, 0.29) is 24.4 Å². The van der Waals surface area contributed by atoms with Crippen LogP contribution in [0, 0.1) is 0 Å². The second-order valence-corrected chi connectivity index (χ2v) is 4.15. The van der Waals surface area contributed by atoms with Crippen molar-refractivity contribution in [2.24, 2.45) is 0 Å². The summed E-state index contributed by atoms with van der Waals surface area (Å²) in [6.45, 7) is 2.65. The van der Waals surface area contributed by atoms with Gasteiger partial charge in [0.15, 0.2) is 0 Å². The fourth-order valence-corrected chi connectivity index (χ4v) is 1.89. The Labute approximate surface area is 89.4 Å². The summed E-state index contributed by atoms with van der Waals surface area (Å²) in [5, 5.41) is 11.3. The summed E-state index contributed by atoms with van der Waals surface area (Å²) in [6.07, 6.45) is 1.87. The first-order valence-corrected chi connectivity index (χ1v) is 5.23. The highest BCUT2D eigenvalue weighted by molar-refractivity contribution is 5.82. The molecule has 1 fully saturated rings. The number of amides is 1. The normalized spacial score (nSPS) is 23.7. The zero-order valence-electron chi connectivity index (χ0n) is 9.19. The molecule has 2 atom stereocenters. The molecule has 0 radical (unpaired) electrons. The number of likely N-dealkylation sites (N-methyl/N-ethyl adjacent to an activating group) is 1. The standard InChI is InChI=1S/C10H18N2O3/c1-7(6-9(13)14)11-10(15)8-4-3-5-12(8)2/h7-8H,3-6H2,1-2H3,(H,11,15)(H,13,14). The summed E-state index contributed by atoms with van der Waals surface area (Å²) in [7, 11) is 1.92. The van der Waals surface area contributed by atoms with Gasteiger partial charge in [0.25, 0.3) is 0 Å². The van der Waals surface area contributed by atoms with Gasteiger partial charge in [0.2, 0.25) is 5.91 Å². The van der Waals surface area contributed by atoms with Crippen molar-refractivity contribution in [3.05, 3.63) is 0 Å². The van der Waals surface area contributed by atoms with E-state index in [0.29, 0.717) is 0 Å². The van der Waals surface area contributed by atoms with Gasteiger partial charge in [-0.3, -0.25) is 14.5 Å². The summed E-state index contributed by atoms with van der Waals surface area (Å²) < 4.78 is 0. The Bertz CT molecular complexity index is 255. The average Bonchev–Trinajstić information content (AvgIpc) is 2.49. The third-order valence-corrected chi connectivity index (χ3v) is 2.69. The molecule has 5 heteroatoms. The average molecular weight is 214 g/mol. The van der Waals surface area contributed by atoms with Gasteiger partial charge >= 0.3 is 5.97 Å². The summed E-state index contributed by atoms with van der Waals surface area (Å²) >= 11 is 0. The Morgan fingerprint density at radius 3 is 2.73 bits per heavy atom. The monoisotopic (exact) mass is 214 g/mol. The lowest BCUT2D eigenvalue weighted by Crippen LogP contribution is -2.45. The molecule has 1 aliphatic rings. The summed E-state index contributed by atoms with van der Waals surface area (Å²) in [5.41, 5.74) is 0. The molecule has 86 valence electrons. The molecule has 1 amide bonds. The molecular formula is C10H18N2O3. The van der Waals surface area contributed by atoms with Crippen LogP contribution in [0.25, 0.3) is 0 Å². The molecule has 15 heavy (non-hydrogen) atoms. The number of nitrogens with one attached hydrogen (secondary N) is 1. The summed E-state index contributed by atoms with van der Waals surface area (Å²) in [5.74, 6) is -0.939. The quantitative estimate of drug-likeness (QED) is 0.694. The van der Waals surface area contributed by atoms with Crippen molar-refractivity contribution in [2.75, 3.05) is 13.6 Å². The predicted octanol–water partition coefficient (Wildman–Crippen LogP) is 0.0600. The van der Waals surface area contributed by atoms with Gasteiger partial charge in [0.1, 0.15) is 0 Å². The van der Waals surface area contributed by atoms with Crippen molar-refractivity contribution in [2.45, 2.75) is 38.3 Å². The molecular weight excluding hydrogens is 196 g/mol. The van der Waals surface area contributed by atoms with E-state index in [1.165, 1.54) is 0 Å². The highest BCUT2D eigenvalue weighted by Gasteiger charge is 2.28. The molecule has 0 saturated carbocycles. The Balaban J connectivity index is 2.37. The van der Waals surface area contributed by atoms with Gasteiger partial charge in [-0.1, -0.05) is 0 Å². The van der Waals surface area contributed by atoms with Gasteiger partial charge in [-0.25, -0.2) is 0 Å². The van der Waals surface area contributed by atoms with Gasteiger partial charge in [0, 0.05) is 6.04 Å². The maximum atomic E-state index is 11.7. The zero-order chi connectivity index (χ0) is 11.4. The lowest BCUT2D eigenvalue weighted by atomic mass is 10.1. The van der Waals surface area contributed by atoms with E-state index in [4.69, 9.17) is 5.11 Å². The fourth-order valence-electron chi connectivity index (χ4n) is 1.89. The molecule has 1 heterocycles. The Hall–Kier alpha value is -1.10. The molecule has 2 unspecified atom stereocenters. The Kier molecular flexibility index (Phi) is 4.08. The molecule has 0 bridgehead atoms. The maximum absolute atomic E-state index is 11.7. The number of rotatable bonds is 4. The molecule has 0 aromatic carbocycles. The van der Waals surface area contributed by atoms with Crippen molar-refractivity contribution in [1.29, 1.82) is 0 Å². The van der Waals surface area contributed by atoms with Crippen LogP contribution in [-0.4, -0.2) is 47.6 Å². The smallest absolute Gasteiger partial charge is 0.305 e. The second kappa shape index (κ2) is 5.11. The first-order valence-electron chi connectivity index (χ1n) is 5.23. The number of hydrogen-bond donors (Lipinski definition) is 2. The van der Waals surface area contributed by atoms with E-state index in [1.54, 1.807) is 6.92 Å². The number of nitrogens with zero attached hydrogens (tertiary/aromatic N) is 1. The number of carboxylic acid groups (broad SMARTS) is 1. The molecule has 0 aliphatic carbocycles. The summed E-state index contributed by atoms with van der Waals surface area (Å²) in [6, 6.07) is -0.384. The van der Waals surface area contributed by atoms with Crippen LogP contribution < -0.4 is 5.32 Å². The van der Waals surface area contributed by atoms with Crippen molar-refractivity contribution in [3.8, 4) is 0 Å². The van der Waals surface area contributed by atoms with Crippen molar-refractivity contribution in [3.63, 3.8) is 0 Å². The van der Waals surface area contributed by atoms with Crippen LogP contribution in [0.15, 0.2) is 0 Å². The number of carboxylic acids is 1. The van der Waals surface area contributed by atoms with Gasteiger partial charge < -0.3 is 10.4 Å². The SMILES string of the molecule is CC(CC(=O)O)NC(=O)C1CCCN1C. The fraction of sp³-hybridized carbons (Fsp3) is 0.800. The number of aliphatic carboxylic acids is 1. The predicted molar refractivity (Wildman–Crippen MR) is 55.5 cm³/mol. The van der Waals surface area contributed by atoms with Crippen molar-refractivity contribution < 1.29 is 14.7 Å². The minimum Gasteiger partial charge on any atom is -0.481 e. The van der Waals surface area contributed by atoms with Crippen LogP contribution in [0.1, 0.15) is 26.2 Å². The topological polar surface area (TPSA) is 69.6 Å². The van der Waals surface area contributed by atoms with E-state index in [2.05, 4.69) is 5.32 Å². The molecule has 5 nitrogen and oxygen atoms in total. The largest absolute Gasteiger partial charge is 0.481 e. The lowest BCUT2D eigenvalue weighted by Gasteiger charge is -2.20. The van der Waals surface area contributed by atoms with Crippen LogP contribution >= 0.6 is 0 Å². The van der Waals surface area contributed by atoms with Gasteiger partial charge in [-0.05, 0) is 33.4 Å². The van der Waals surface area contributed by atoms with Crippen LogP contribution in [0.2, 0.25) is 0 Å². The number of hydrogen-bond acceptors (Lipinski definition) is 3. The van der Waals surface area contributed by atoms with E-state index >= 15 is 0 Å². The first kappa shape index (κ1) is 12.0. The van der Waals surface area contributed by atoms with Crippen LogP contribution in [0.3, 0.4) is 0 Å². The second-order valence-electron chi connectivity index (χ2n) is 4.15. The summed E-state index contributed by atoms with van der Waals surface area (Å²) in [4.78, 5) is 24.1. The third-order valence-electron chi connectivity index (χ3n) is 2.69. The Morgan fingerprint density at radius 1 is 1.60 bits per heavy atom. The molecule has 0 aromatic heterocycles. The van der Waals surface area contributed by atoms with E-state index in [1.807, 2.05) is 11.9 Å². The van der Waals surface area contributed by atoms with Gasteiger partial charge in [-0.15, -0.1) is 0 Å². The molecule has 2 N–H and O–H groups in total. The molecule has 1 saturated heterocycles. The van der Waals surface area contributed by atoms with Crippen LogP contribution in [-0.2, 0) is 9.59 Å². The molecule has 1 aliphatic heterocycles. The maximum Gasteiger partial charge on any atom is 0.305 e. The molecule has 1 rings (SSSR count). The van der Waals surface area contributed by atoms with Crippen molar-refractivity contribution >= 4 is 11.9 Å². The minimum absolute atomic E-state index is 0.0256. The van der Waals surface area contributed by atoms with Crippen molar-refractivity contribution in [1.82, 2.24) is 10.2 Å². The molecule has 0 spiro atoms. The van der Waals surface area contributed by atoms with Crippen LogP contribution in [0.4, 0.5) is 0 Å². The van der Waals surface area contributed by atoms with Gasteiger partial charge in [-0.2, -0.15) is 0 Å². The number of carbonyl (C=O) groups excluding carboxylic acids is 1. The number of likely N-dealkylation sites (tertiary alicyclic amines) is 1. The van der Waals surface area contributed by atoms with Gasteiger partial charge in [0.05, 0.1) is 12.5 Å². The zero-order valence-corrected chi connectivity index (χ0v) is 9.19. The minimum atomic E-state index is -0.887. The Morgan fingerprint density at radius 2 is 2.27 bits per heavy atom. The van der Waals surface area contributed by atoms with Crippen LogP contribution in [0.5, 0.6) is 0 Å². The molecule has 0 aromatic rings. The van der Waals surface area contributed by atoms with E-state index in [0.717, 1.165) is 19.4 Å². The first-order chi connectivity index (χ1) is 7.00. The highest BCUT2D eigenvalue weighted by atomic mass is 16.4. The van der Waals surface area contributed by atoms with E-state index < -0.39 is 5.97 Å². The highest BCUT2D eigenvalue weighted by Crippen LogP contribution is 2.14. The lowest BCUT2D eigenvalue weighted by molar-refractivity contribution is -0.137.